The lowest BCUT2D eigenvalue weighted by Crippen LogP contribution is -2.34. The number of carbonyl (C=O) groups excluding carboxylic acids is 1. The maximum Gasteiger partial charge on any atom is 0.321 e. The van der Waals surface area contributed by atoms with Gasteiger partial charge in [0, 0.05) is 24.9 Å². The fourth-order valence-corrected chi connectivity index (χ4v) is 2.07. The van der Waals surface area contributed by atoms with E-state index in [2.05, 4.69) is 28.3 Å². The molecule has 0 unspecified atom stereocenters. The molecule has 6 atom stereocenters. The minimum atomic E-state index is -1.34. The van der Waals surface area contributed by atoms with E-state index >= 15 is 0 Å². The number of carbonyl (C=O) groups is 9. The molecule has 0 aliphatic heterocycles. The third kappa shape index (κ3) is 56.2. The molecule has 0 spiro atoms. The van der Waals surface area contributed by atoms with Crippen molar-refractivity contribution in [3.8, 4) is 0 Å². The van der Waals surface area contributed by atoms with Crippen molar-refractivity contribution >= 4 is 72.2 Å². The molecule has 1 amide bonds. The van der Waals surface area contributed by atoms with Crippen molar-refractivity contribution in [2.24, 2.45) is 51.5 Å². The SMILES string of the molecule is [2H]N=C(N[2H])NCCC[C@H](N[2H])C(=O)O.[2H]NC(=O)C[C@H](N[2H])C(=O)O.[2H]NCC(=O)O.[2H]N[C@@H](C)C(=O)O.[2H]N[C@@H](CC(=O)O)C(=O)O.[2H]N[C@@H](CS)C(=O)O.[2H]N[C@@H](Cc1cn([2H])cn1)C(=O)O. The lowest BCUT2D eigenvalue weighted by atomic mass is 10.2. The smallest absolute Gasteiger partial charge is 0.321 e. The molecular formula is C28H57N13O17S. The van der Waals surface area contributed by atoms with E-state index in [1.165, 1.54) is 25.2 Å². The summed E-state index contributed by atoms with van der Waals surface area (Å²) >= 11 is 3.67. The molecule has 0 bridgehead atoms. The quantitative estimate of drug-likeness (QED) is 0.0188. The van der Waals surface area contributed by atoms with Crippen LogP contribution in [0.2, 0.25) is 15.5 Å². The molecule has 31 heteroatoms. The van der Waals surface area contributed by atoms with Gasteiger partial charge in [-0.1, -0.05) is 0 Å². The Balaban J connectivity index is -0.000000174. The van der Waals surface area contributed by atoms with E-state index in [0.29, 0.717) is 18.7 Å². The van der Waals surface area contributed by atoms with E-state index in [1.54, 1.807) is 17.2 Å². The molecule has 30 nitrogen and oxygen atoms in total. The fourth-order valence-electron chi connectivity index (χ4n) is 1.91. The number of aliphatic carboxylic acids is 8. The van der Waals surface area contributed by atoms with Gasteiger partial charge in [-0.25, -0.2) is 4.98 Å². The van der Waals surface area contributed by atoms with Crippen LogP contribution in [0.5, 0.6) is 0 Å². The Morgan fingerprint density at radius 2 is 1.29 bits per heavy atom. The number of nitrogens with two attached hydrogens (primary N) is 9. The zero-order valence-corrected chi connectivity index (χ0v) is 31.7. The molecule has 1 aromatic heterocycles. The predicted molar refractivity (Wildman–Crippen MR) is 207 cm³/mol. The minimum Gasteiger partial charge on any atom is -0.481 e. The molecule has 0 fully saturated rings. The van der Waals surface area contributed by atoms with E-state index in [1.807, 2.05) is 28.6 Å². The van der Waals surface area contributed by atoms with Crippen LogP contribution in [0.3, 0.4) is 0 Å². The Bertz CT molecular complexity index is 1690. The first-order chi connectivity index (χ1) is 32.6. The summed E-state index contributed by atoms with van der Waals surface area (Å²) in [7, 11) is 0. The van der Waals surface area contributed by atoms with Crippen LogP contribution >= 0.6 is 12.6 Å². The molecule has 1 heterocycles. The summed E-state index contributed by atoms with van der Waals surface area (Å²) in [6.45, 7) is 1.49. The van der Waals surface area contributed by atoms with E-state index in [9.17, 15) is 43.2 Å². The van der Waals surface area contributed by atoms with Crippen LogP contribution in [0.25, 0.3) is 0 Å². The molecule has 1 rings (SSSR count). The average Bonchev–Trinajstić information content (AvgIpc) is 3.72. The summed E-state index contributed by atoms with van der Waals surface area (Å²) in [5.74, 6) is -9.70. The third-order valence-corrected chi connectivity index (χ3v) is 5.22. The van der Waals surface area contributed by atoms with Crippen LogP contribution in [0, 0.1) is 5.40 Å². The summed E-state index contributed by atoms with van der Waals surface area (Å²) < 4.78 is 71.8. The first kappa shape index (κ1) is 42.4. The van der Waals surface area contributed by atoms with Crippen molar-refractivity contribution in [3.05, 3.63) is 18.2 Å². The third-order valence-electron chi connectivity index (χ3n) is 4.85. The number of carboxylic acids is 8. The van der Waals surface area contributed by atoms with Crippen molar-refractivity contribution in [2.75, 3.05) is 18.8 Å². The van der Waals surface area contributed by atoms with Gasteiger partial charge in [-0.05, 0) is 19.8 Å². The first-order valence-corrected chi connectivity index (χ1v) is 16.0. The maximum atomic E-state index is 10.5. The summed E-state index contributed by atoms with van der Waals surface area (Å²) in [4.78, 5) is 95.3. The summed E-state index contributed by atoms with van der Waals surface area (Å²) in [5, 5.41) is 71.2. The van der Waals surface area contributed by atoms with Crippen molar-refractivity contribution in [2.45, 2.75) is 75.3 Å². The van der Waals surface area contributed by atoms with Crippen LogP contribution in [0.4, 0.5) is 0 Å². The highest BCUT2D eigenvalue weighted by Crippen LogP contribution is 1.95. The molecule has 0 saturated carbocycles. The Kier molecular flexibility index (Phi) is 28.7. The van der Waals surface area contributed by atoms with Crippen molar-refractivity contribution in [1.29, 1.82) is 5.40 Å². The van der Waals surface area contributed by atoms with Crippen molar-refractivity contribution < 1.29 is 99.5 Å². The number of aromatic nitrogens is 2. The van der Waals surface area contributed by atoms with Gasteiger partial charge in [0.05, 0.1) is 31.4 Å². The highest BCUT2D eigenvalue weighted by Gasteiger charge is 2.15. The van der Waals surface area contributed by atoms with Gasteiger partial charge in [0.15, 0.2) is 11.6 Å². The van der Waals surface area contributed by atoms with Crippen LogP contribution in [-0.2, 0) is 49.6 Å². The molecule has 0 aromatic carbocycles. The Hall–Kier alpha value is -6.22. The van der Waals surface area contributed by atoms with Gasteiger partial charge < -0.3 is 103 Å². The molecule has 0 aliphatic carbocycles. The number of nitrogens with zero attached hydrogens (tertiary/aromatic N) is 1. The van der Waals surface area contributed by atoms with Gasteiger partial charge in [-0.2, -0.15) is 12.6 Å². The van der Waals surface area contributed by atoms with E-state index in [4.69, 9.17) is 56.4 Å². The van der Waals surface area contributed by atoms with Crippen LogP contribution in [0.15, 0.2) is 12.5 Å². The highest BCUT2D eigenvalue weighted by atomic mass is 32.1. The number of rotatable bonds is 25. The normalized spacial score (nSPS) is 15.0. The van der Waals surface area contributed by atoms with Gasteiger partial charge in [-0.3, -0.25) is 48.6 Å². The van der Waals surface area contributed by atoms with E-state index < -0.39 is 103 Å². The largest absolute Gasteiger partial charge is 0.481 e. The number of hydrogen-bond acceptors (Lipinski definition) is 19. The number of hydrogen-bond donors (Lipinski definition) is 21. The average molecular weight is 891 g/mol. The van der Waals surface area contributed by atoms with Gasteiger partial charge in [-0.15, -0.1) is 0 Å². The predicted octanol–water partition coefficient (Wildman–Crippen LogP) is -7.05. The molecular weight excluding hydrogens is 822 g/mol. The monoisotopic (exact) mass is 890 g/mol. The number of nitrogens with one attached hydrogen (secondary N) is 3. The maximum absolute atomic E-state index is 10.5. The minimum absolute atomic E-state index is 0.000655. The number of thiol groups is 1. The number of imidazole rings is 1. The summed E-state index contributed by atoms with van der Waals surface area (Å²) in [5.41, 5.74) is 16.3. The highest BCUT2D eigenvalue weighted by molar-refractivity contribution is 7.80. The standard InChI is InChI=1S/C6H14N4O2.C6H9N3O2.C4H8N2O3.C4H7NO4.C3H7NO2S.C3H7NO2.C2H5NO2/c7-4(5(11)12)2-1-3-10-6(8)9;7-5(6(10)11)1-4-2-8-3-9-4;2*5-2(4(8)9)1-3(6)7;4-2(1-7)3(5)6;1-2(4)3(5)6;3-1-2(4)5/h4H,1-3,7H2,(H,11,12)(H4,8,9,10);2-3,5H,1,7H2,(H,8,9)(H,10,11);2H,1,5H2,(H2,6,7)(H,8,9);2H,1,5H2,(H,6,7)(H,8,9);2,7H,1,4H2,(H,5,6);2H,4H2,1H3,(H,5,6);1,3H2,(H,4,5)/t4-;5-;4*2-;/m000000./s1/i/hD11. The van der Waals surface area contributed by atoms with Crippen LogP contribution in [0.1, 0.15) is 38.3 Å². The van der Waals surface area contributed by atoms with Gasteiger partial charge in [0.1, 0.15) is 46.1 Å². The number of primary amides is 1. The van der Waals surface area contributed by atoms with Crippen molar-refractivity contribution in [3.63, 3.8) is 0 Å². The first-order valence-electron chi connectivity index (χ1n) is 20.8. The number of H-pyrrole nitrogens is 1. The molecule has 0 saturated heterocycles. The second kappa shape index (κ2) is 40.0. The van der Waals surface area contributed by atoms with Crippen LogP contribution in [-0.4, -0.2) is 166 Å². The fraction of sp³-hybridized carbons (Fsp3) is 0.536. The zero-order valence-electron chi connectivity index (χ0n) is 41.8. The summed E-state index contributed by atoms with van der Waals surface area (Å²) in [6.07, 6.45) is 2.54. The number of guanidine groups is 1. The molecule has 0 radical (unpaired) electrons. The van der Waals surface area contributed by atoms with Crippen LogP contribution < -0.4 is 56.9 Å². The lowest BCUT2D eigenvalue weighted by molar-refractivity contribution is -0.144. The molecule has 59 heavy (non-hydrogen) atoms. The molecule has 0 aliphatic rings. The van der Waals surface area contributed by atoms with E-state index in [-0.39, 0.29) is 31.1 Å². The second-order valence-corrected chi connectivity index (χ2v) is 10.5. The number of carboxylic acid groups (broad SMARTS) is 8. The Morgan fingerprint density at radius 1 is 0.763 bits per heavy atom. The van der Waals surface area contributed by atoms with Gasteiger partial charge in [0.25, 0.3) is 0 Å². The lowest BCUT2D eigenvalue weighted by Gasteiger charge is -2.06. The Labute approximate surface area is 356 Å². The molecule has 342 valence electrons. The molecule has 29 N–H and O–H groups in total. The number of amides is 1. The topological polar surface area (TPSA) is 614 Å². The van der Waals surface area contributed by atoms with Gasteiger partial charge >= 0.3 is 47.8 Å². The van der Waals surface area contributed by atoms with Gasteiger partial charge in [0.2, 0.25) is 5.91 Å². The second-order valence-electron chi connectivity index (χ2n) is 10.1. The zero-order chi connectivity index (χ0) is 55.9. The number of aromatic amines is 1. The van der Waals surface area contributed by atoms with Crippen molar-refractivity contribution in [1.82, 2.24) is 15.3 Å². The summed E-state index contributed by atoms with van der Waals surface area (Å²) in [6, 6.07) is -6.06. The molecule has 1 aromatic rings. The van der Waals surface area contributed by atoms with E-state index in [0.717, 1.165) is 4.98 Å². The Morgan fingerprint density at radius 3 is 1.54 bits per heavy atom.